The van der Waals surface area contributed by atoms with Crippen molar-refractivity contribution in [1.82, 2.24) is 5.32 Å². The normalized spacial score (nSPS) is 28.0. The van der Waals surface area contributed by atoms with Gasteiger partial charge in [0.1, 0.15) is 0 Å². The minimum absolute atomic E-state index is 0.0729. The third kappa shape index (κ3) is 4.80. The summed E-state index contributed by atoms with van der Waals surface area (Å²) in [4.78, 5) is 23.0. The summed E-state index contributed by atoms with van der Waals surface area (Å²) in [5.74, 6) is -0.141. The molecule has 20 heavy (non-hydrogen) atoms. The summed E-state index contributed by atoms with van der Waals surface area (Å²) < 4.78 is 0. The second kappa shape index (κ2) is 7.65. The lowest BCUT2D eigenvalue weighted by molar-refractivity contribution is -0.143. The monoisotopic (exact) mass is 281 g/mol. The molecule has 0 spiro atoms. The molecular formula is C16H27NO3. The van der Waals surface area contributed by atoms with Gasteiger partial charge >= 0.3 is 5.97 Å². The van der Waals surface area contributed by atoms with Gasteiger partial charge in [-0.1, -0.05) is 38.5 Å². The van der Waals surface area contributed by atoms with Gasteiger partial charge in [-0.05, 0) is 31.6 Å². The van der Waals surface area contributed by atoms with Gasteiger partial charge in [0.15, 0.2) is 0 Å². The predicted octanol–water partition coefficient (Wildman–Crippen LogP) is 3.11. The fraction of sp³-hybridized carbons (Fsp3) is 0.875. The second-order valence-corrected chi connectivity index (χ2v) is 6.51. The van der Waals surface area contributed by atoms with Crippen LogP contribution in [0, 0.1) is 11.8 Å². The molecule has 4 nitrogen and oxygen atoms in total. The number of aliphatic carboxylic acids is 1. The van der Waals surface area contributed by atoms with Crippen molar-refractivity contribution in [3.05, 3.63) is 0 Å². The number of hydrogen-bond donors (Lipinski definition) is 2. The SMILES string of the molecule is O=C(CCC1CCCCC1)NC1CCCC(C(=O)O)C1. The van der Waals surface area contributed by atoms with Crippen LogP contribution in [0.25, 0.3) is 0 Å². The van der Waals surface area contributed by atoms with Gasteiger partial charge in [0, 0.05) is 12.5 Å². The maximum absolute atomic E-state index is 12.0. The number of rotatable bonds is 5. The average molecular weight is 281 g/mol. The average Bonchev–Trinajstić information content (AvgIpc) is 2.46. The van der Waals surface area contributed by atoms with E-state index in [1.807, 2.05) is 0 Å². The predicted molar refractivity (Wildman–Crippen MR) is 77.3 cm³/mol. The molecule has 1 amide bonds. The molecule has 0 aromatic heterocycles. The Balaban J connectivity index is 1.66. The summed E-state index contributed by atoms with van der Waals surface area (Å²) >= 11 is 0. The lowest BCUT2D eigenvalue weighted by Gasteiger charge is -2.28. The highest BCUT2D eigenvalue weighted by Gasteiger charge is 2.27. The van der Waals surface area contributed by atoms with Gasteiger partial charge in [-0.25, -0.2) is 0 Å². The van der Waals surface area contributed by atoms with E-state index in [0.29, 0.717) is 12.8 Å². The van der Waals surface area contributed by atoms with Crippen molar-refractivity contribution in [2.45, 2.75) is 76.7 Å². The van der Waals surface area contributed by atoms with Gasteiger partial charge in [0.05, 0.1) is 5.92 Å². The first-order valence-electron chi connectivity index (χ1n) is 8.17. The molecule has 2 unspecified atom stereocenters. The van der Waals surface area contributed by atoms with Gasteiger partial charge in [-0.15, -0.1) is 0 Å². The van der Waals surface area contributed by atoms with Crippen molar-refractivity contribution in [3.8, 4) is 0 Å². The van der Waals surface area contributed by atoms with E-state index in [9.17, 15) is 9.59 Å². The Morgan fingerprint density at radius 1 is 1.00 bits per heavy atom. The fourth-order valence-electron chi connectivity index (χ4n) is 3.66. The third-order valence-corrected chi connectivity index (χ3v) is 4.89. The molecule has 0 radical (unpaired) electrons. The van der Waals surface area contributed by atoms with Gasteiger partial charge in [-0.3, -0.25) is 9.59 Å². The second-order valence-electron chi connectivity index (χ2n) is 6.51. The Kier molecular flexibility index (Phi) is 5.86. The molecule has 114 valence electrons. The van der Waals surface area contributed by atoms with Gasteiger partial charge in [-0.2, -0.15) is 0 Å². The zero-order valence-corrected chi connectivity index (χ0v) is 12.3. The van der Waals surface area contributed by atoms with Crippen LogP contribution in [-0.4, -0.2) is 23.0 Å². The number of hydrogen-bond acceptors (Lipinski definition) is 2. The molecular weight excluding hydrogens is 254 g/mol. The maximum Gasteiger partial charge on any atom is 0.306 e. The summed E-state index contributed by atoms with van der Waals surface area (Å²) in [5, 5.41) is 12.1. The standard InChI is InChI=1S/C16H27NO3/c18-15(10-9-12-5-2-1-3-6-12)17-14-8-4-7-13(11-14)16(19)20/h12-14H,1-11H2,(H,17,18)(H,19,20). The van der Waals surface area contributed by atoms with Crippen molar-refractivity contribution in [2.24, 2.45) is 11.8 Å². The first-order chi connectivity index (χ1) is 9.65. The molecule has 0 bridgehead atoms. The summed E-state index contributed by atoms with van der Waals surface area (Å²) in [5.41, 5.74) is 0. The molecule has 0 heterocycles. The van der Waals surface area contributed by atoms with Crippen molar-refractivity contribution < 1.29 is 14.7 Å². The molecule has 2 rings (SSSR count). The van der Waals surface area contributed by atoms with Crippen LogP contribution < -0.4 is 5.32 Å². The van der Waals surface area contributed by atoms with E-state index >= 15 is 0 Å². The van der Waals surface area contributed by atoms with E-state index in [4.69, 9.17) is 5.11 Å². The topological polar surface area (TPSA) is 66.4 Å². The van der Waals surface area contributed by atoms with Crippen LogP contribution in [0.2, 0.25) is 0 Å². The van der Waals surface area contributed by atoms with E-state index in [-0.39, 0.29) is 17.9 Å². The van der Waals surface area contributed by atoms with E-state index in [0.717, 1.165) is 31.6 Å². The zero-order valence-electron chi connectivity index (χ0n) is 12.3. The molecule has 2 atom stereocenters. The Hall–Kier alpha value is -1.06. The molecule has 0 aromatic rings. The molecule has 2 fully saturated rings. The van der Waals surface area contributed by atoms with Gasteiger partial charge in [0.2, 0.25) is 5.91 Å². The van der Waals surface area contributed by atoms with Crippen LogP contribution in [0.5, 0.6) is 0 Å². The lowest BCUT2D eigenvalue weighted by Crippen LogP contribution is -2.40. The number of carbonyl (C=O) groups is 2. The highest BCUT2D eigenvalue weighted by molar-refractivity contribution is 5.76. The highest BCUT2D eigenvalue weighted by atomic mass is 16.4. The molecule has 0 aliphatic heterocycles. The molecule has 2 N–H and O–H groups in total. The Labute approximate surface area is 121 Å². The number of carbonyl (C=O) groups excluding carboxylic acids is 1. The quantitative estimate of drug-likeness (QED) is 0.813. The first kappa shape index (κ1) is 15.3. The van der Waals surface area contributed by atoms with Crippen LogP contribution in [-0.2, 0) is 9.59 Å². The summed E-state index contributed by atoms with van der Waals surface area (Å²) in [6.07, 6.45) is 11.3. The van der Waals surface area contributed by atoms with E-state index in [1.165, 1.54) is 32.1 Å². The zero-order chi connectivity index (χ0) is 14.4. The van der Waals surface area contributed by atoms with E-state index < -0.39 is 5.97 Å². The van der Waals surface area contributed by atoms with Crippen LogP contribution in [0.3, 0.4) is 0 Å². The maximum atomic E-state index is 12.0. The highest BCUT2D eigenvalue weighted by Crippen LogP contribution is 2.28. The van der Waals surface area contributed by atoms with Crippen LogP contribution in [0.4, 0.5) is 0 Å². The van der Waals surface area contributed by atoms with E-state index in [1.54, 1.807) is 0 Å². The van der Waals surface area contributed by atoms with Gasteiger partial charge in [0.25, 0.3) is 0 Å². The number of nitrogens with one attached hydrogen (secondary N) is 1. The molecule has 0 saturated heterocycles. The van der Waals surface area contributed by atoms with E-state index in [2.05, 4.69) is 5.32 Å². The van der Waals surface area contributed by atoms with Crippen molar-refractivity contribution in [2.75, 3.05) is 0 Å². The molecule has 2 aliphatic rings. The Morgan fingerprint density at radius 2 is 1.75 bits per heavy atom. The van der Waals surface area contributed by atoms with Crippen molar-refractivity contribution in [1.29, 1.82) is 0 Å². The Bertz CT molecular complexity index is 337. The van der Waals surface area contributed by atoms with Crippen LogP contribution >= 0.6 is 0 Å². The Morgan fingerprint density at radius 3 is 2.45 bits per heavy atom. The minimum Gasteiger partial charge on any atom is -0.481 e. The summed E-state index contributed by atoms with van der Waals surface area (Å²) in [7, 11) is 0. The lowest BCUT2D eigenvalue weighted by atomic mass is 9.85. The third-order valence-electron chi connectivity index (χ3n) is 4.89. The van der Waals surface area contributed by atoms with Crippen molar-refractivity contribution in [3.63, 3.8) is 0 Å². The molecule has 2 saturated carbocycles. The summed E-state index contributed by atoms with van der Waals surface area (Å²) in [6.45, 7) is 0. The fourth-order valence-corrected chi connectivity index (χ4v) is 3.66. The molecule has 0 aromatic carbocycles. The van der Waals surface area contributed by atoms with Crippen LogP contribution in [0.15, 0.2) is 0 Å². The molecule has 4 heteroatoms. The smallest absolute Gasteiger partial charge is 0.306 e. The molecule has 2 aliphatic carbocycles. The largest absolute Gasteiger partial charge is 0.481 e. The first-order valence-corrected chi connectivity index (χ1v) is 8.17. The number of carboxylic acid groups (broad SMARTS) is 1. The minimum atomic E-state index is -0.717. The van der Waals surface area contributed by atoms with Crippen molar-refractivity contribution >= 4 is 11.9 Å². The van der Waals surface area contributed by atoms with Gasteiger partial charge < -0.3 is 10.4 Å². The van der Waals surface area contributed by atoms with Crippen LogP contribution in [0.1, 0.15) is 70.6 Å². The number of amides is 1. The summed E-state index contributed by atoms with van der Waals surface area (Å²) in [6, 6.07) is 0.0729. The number of carboxylic acids is 1.